The molecule has 82 valence electrons. The van der Waals surface area contributed by atoms with Crippen molar-refractivity contribution in [2.75, 3.05) is 27.2 Å². The number of ether oxygens (including phenoxy) is 1. The largest absolute Gasteiger partial charge is 0.468 e. The third-order valence-corrected chi connectivity index (χ3v) is 2.25. The molecule has 0 atom stereocenters. The normalized spacial score (nSPS) is 10.3. The fourth-order valence-corrected chi connectivity index (χ4v) is 1.33. The first kappa shape index (κ1) is 11.7. The van der Waals surface area contributed by atoms with E-state index in [0.717, 1.165) is 13.0 Å². The zero-order chi connectivity index (χ0) is 11.1. The molecule has 0 aliphatic carbocycles. The lowest BCUT2D eigenvalue weighted by atomic mass is 10.1. The second-order valence-electron chi connectivity index (χ2n) is 3.55. The number of rotatable bonds is 5. The minimum Gasteiger partial charge on any atom is -0.468 e. The van der Waals surface area contributed by atoms with Crippen molar-refractivity contribution in [1.29, 1.82) is 0 Å². The average molecular weight is 207 g/mol. The first-order chi connectivity index (χ1) is 7.22. The van der Waals surface area contributed by atoms with Crippen LogP contribution >= 0.6 is 0 Å². The summed E-state index contributed by atoms with van der Waals surface area (Å²) in [6.45, 7) is 1.21. The highest BCUT2D eigenvalue weighted by molar-refractivity contribution is 5.71. The summed E-state index contributed by atoms with van der Waals surface area (Å²) in [5.74, 6) is -0.189. The molecule has 0 saturated carbocycles. The molecule has 0 spiro atoms. The standard InChI is InChI=1S/C12H17NO2/c1-13(10-12(14)15-2)9-8-11-6-4-3-5-7-11/h3-7H,8-10H2,1-2H3. The topological polar surface area (TPSA) is 29.5 Å². The third kappa shape index (κ3) is 4.61. The number of hydrogen-bond acceptors (Lipinski definition) is 3. The molecule has 0 aromatic heterocycles. The Morgan fingerprint density at radius 3 is 2.60 bits per heavy atom. The third-order valence-electron chi connectivity index (χ3n) is 2.25. The van der Waals surface area contributed by atoms with Crippen LogP contribution in [0.3, 0.4) is 0 Å². The summed E-state index contributed by atoms with van der Waals surface area (Å²) >= 11 is 0. The van der Waals surface area contributed by atoms with E-state index in [0.29, 0.717) is 6.54 Å². The summed E-state index contributed by atoms with van der Waals surface area (Å²) < 4.78 is 4.59. The number of carbonyl (C=O) groups is 1. The molecule has 0 saturated heterocycles. The lowest BCUT2D eigenvalue weighted by molar-refractivity contribution is -0.141. The van der Waals surface area contributed by atoms with Gasteiger partial charge in [0.15, 0.2) is 0 Å². The summed E-state index contributed by atoms with van der Waals surface area (Å²) in [5, 5.41) is 0. The van der Waals surface area contributed by atoms with Crippen molar-refractivity contribution in [2.45, 2.75) is 6.42 Å². The second kappa shape index (κ2) is 6.19. The minimum absolute atomic E-state index is 0.189. The Morgan fingerprint density at radius 1 is 1.33 bits per heavy atom. The molecule has 1 aromatic rings. The van der Waals surface area contributed by atoms with Gasteiger partial charge in [-0.15, -0.1) is 0 Å². The second-order valence-corrected chi connectivity index (χ2v) is 3.55. The van der Waals surface area contributed by atoms with Gasteiger partial charge in [0.1, 0.15) is 0 Å². The first-order valence-electron chi connectivity index (χ1n) is 5.01. The molecular weight excluding hydrogens is 190 g/mol. The number of methoxy groups -OCH3 is 1. The molecule has 15 heavy (non-hydrogen) atoms. The molecule has 0 N–H and O–H groups in total. The lowest BCUT2D eigenvalue weighted by Crippen LogP contribution is -2.28. The number of carbonyl (C=O) groups excluding carboxylic acids is 1. The lowest BCUT2D eigenvalue weighted by Gasteiger charge is -2.14. The van der Waals surface area contributed by atoms with E-state index in [4.69, 9.17) is 0 Å². The van der Waals surface area contributed by atoms with Crippen LogP contribution in [0.4, 0.5) is 0 Å². The van der Waals surface area contributed by atoms with Crippen molar-refractivity contribution < 1.29 is 9.53 Å². The predicted octanol–water partition coefficient (Wildman–Crippen LogP) is 1.33. The highest BCUT2D eigenvalue weighted by atomic mass is 16.5. The Morgan fingerprint density at radius 2 is 2.00 bits per heavy atom. The van der Waals surface area contributed by atoms with Gasteiger partial charge >= 0.3 is 5.97 Å². The van der Waals surface area contributed by atoms with Crippen molar-refractivity contribution in [3.05, 3.63) is 35.9 Å². The van der Waals surface area contributed by atoms with E-state index in [1.165, 1.54) is 12.7 Å². The molecule has 0 heterocycles. The van der Waals surface area contributed by atoms with Gasteiger partial charge in [-0.3, -0.25) is 9.69 Å². The van der Waals surface area contributed by atoms with Crippen LogP contribution in [0.1, 0.15) is 5.56 Å². The Labute approximate surface area is 90.7 Å². The van der Waals surface area contributed by atoms with Gasteiger partial charge in [-0.05, 0) is 19.0 Å². The molecule has 0 aliphatic rings. The van der Waals surface area contributed by atoms with E-state index in [1.807, 2.05) is 30.1 Å². The summed E-state index contributed by atoms with van der Waals surface area (Å²) in [6, 6.07) is 10.2. The van der Waals surface area contributed by atoms with Gasteiger partial charge in [0.25, 0.3) is 0 Å². The van der Waals surface area contributed by atoms with E-state index < -0.39 is 0 Å². The van der Waals surface area contributed by atoms with Gasteiger partial charge in [0.2, 0.25) is 0 Å². The maximum absolute atomic E-state index is 11.0. The summed E-state index contributed by atoms with van der Waals surface area (Å²) in [7, 11) is 3.33. The van der Waals surface area contributed by atoms with Crippen LogP contribution in [-0.2, 0) is 16.0 Å². The molecule has 0 bridgehead atoms. The highest BCUT2D eigenvalue weighted by Gasteiger charge is 2.05. The van der Waals surface area contributed by atoms with Crippen molar-refractivity contribution in [2.24, 2.45) is 0 Å². The van der Waals surface area contributed by atoms with Crippen LogP contribution in [0.25, 0.3) is 0 Å². The fraction of sp³-hybridized carbons (Fsp3) is 0.417. The van der Waals surface area contributed by atoms with Gasteiger partial charge in [-0.2, -0.15) is 0 Å². The molecule has 3 heteroatoms. The zero-order valence-corrected chi connectivity index (χ0v) is 9.27. The molecular formula is C12H17NO2. The van der Waals surface area contributed by atoms with Crippen molar-refractivity contribution >= 4 is 5.97 Å². The highest BCUT2D eigenvalue weighted by Crippen LogP contribution is 2.00. The van der Waals surface area contributed by atoms with Gasteiger partial charge in [0, 0.05) is 6.54 Å². The average Bonchev–Trinajstić information content (AvgIpc) is 2.27. The Kier molecular flexibility index (Phi) is 4.84. The van der Waals surface area contributed by atoms with Crippen LogP contribution in [0.5, 0.6) is 0 Å². The molecule has 0 fully saturated rings. The molecule has 0 radical (unpaired) electrons. The Hall–Kier alpha value is -1.35. The molecule has 0 unspecified atom stereocenters. The predicted molar refractivity (Wildman–Crippen MR) is 59.7 cm³/mol. The molecule has 0 aliphatic heterocycles. The SMILES string of the molecule is COC(=O)CN(C)CCc1ccccc1. The number of esters is 1. The maximum atomic E-state index is 11.0. The summed E-state index contributed by atoms with van der Waals surface area (Å²) in [6.07, 6.45) is 0.953. The van der Waals surface area contributed by atoms with Crippen molar-refractivity contribution in [1.82, 2.24) is 4.90 Å². The van der Waals surface area contributed by atoms with Crippen molar-refractivity contribution in [3.63, 3.8) is 0 Å². The monoisotopic (exact) mass is 207 g/mol. The van der Waals surface area contributed by atoms with Gasteiger partial charge in [-0.1, -0.05) is 30.3 Å². The zero-order valence-electron chi connectivity index (χ0n) is 9.27. The minimum atomic E-state index is -0.189. The fourth-order valence-electron chi connectivity index (χ4n) is 1.33. The molecule has 0 amide bonds. The van der Waals surface area contributed by atoms with Gasteiger partial charge in [0.05, 0.1) is 13.7 Å². The smallest absolute Gasteiger partial charge is 0.319 e. The van der Waals surface area contributed by atoms with Gasteiger partial charge in [-0.25, -0.2) is 0 Å². The molecule has 1 rings (SSSR count). The Balaban J connectivity index is 2.28. The number of nitrogens with zero attached hydrogens (tertiary/aromatic N) is 1. The van der Waals surface area contributed by atoms with Crippen LogP contribution < -0.4 is 0 Å². The van der Waals surface area contributed by atoms with E-state index >= 15 is 0 Å². The van der Waals surface area contributed by atoms with Gasteiger partial charge < -0.3 is 4.74 Å². The van der Waals surface area contributed by atoms with E-state index in [9.17, 15) is 4.79 Å². The van der Waals surface area contributed by atoms with Crippen LogP contribution in [-0.4, -0.2) is 38.1 Å². The first-order valence-corrected chi connectivity index (χ1v) is 5.01. The van der Waals surface area contributed by atoms with Crippen LogP contribution in [0.2, 0.25) is 0 Å². The summed E-state index contributed by atoms with van der Waals surface area (Å²) in [4.78, 5) is 12.9. The maximum Gasteiger partial charge on any atom is 0.319 e. The molecule has 1 aromatic carbocycles. The quantitative estimate of drug-likeness (QED) is 0.682. The Bertz CT molecular complexity index is 298. The van der Waals surface area contributed by atoms with Crippen LogP contribution in [0, 0.1) is 0 Å². The van der Waals surface area contributed by atoms with E-state index in [-0.39, 0.29) is 5.97 Å². The van der Waals surface area contributed by atoms with Crippen molar-refractivity contribution in [3.8, 4) is 0 Å². The van der Waals surface area contributed by atoms with E-state index in [1.54, 1.807) is 0 Å². The number of hydrogen-bond donors (Lipinski definition) is 0. The molecule has 3 nitrogen and oxygen atoms in total. The number of likely N-dealkylation sites (N-methyl/N-ethyl adjacent to an activating group) is 1. The summed E-state index contributed by atoms with van der Waals surface area (Å²) in [5.41, 5.74) is 1.29. The van der Waals surface area contributed by atoms with Crippen LogP contribution in [0.15, 0.2) is 30.3 Å². The number of benzene rings is 1. The van der Waals surface area contributed by atoms with E-state index in [2.05, 4.69) is 16.9 Å².